The Morgan fingerprint density at radius 1 is 1.19 bits per heavy atom. The van der Waals surface area contributed by atoms with Crippen molar-refractivity contribution in [2.75, 3.05) is 29.5 Å². The first-order chi connectivity index (χ1) is 13.0. The van der Waals surface area contributed by atoms with E-state index < -0.39 is 0 Å². The monoisotopic (exact) mass is 495 g/mol. The Hall–Kier alpha value is -2.13. The van der Waals surface area contributed by atoms with Gasteiger partial charge >= 0.3 is 0 Å². The van der Waals surface area contributed by atoms with Gasteiger partial charge in [-0.05, 0) is 56.5 Å². The van der Waals surface area contributed by atoms with Crippen molar-refractivity contribution in [3.8, 4) is 11.6 Å². The van der Waals surface area contributed by atoms with E-state index in [1.165, 1.54) is 0 Å². The molecule has 27 heavy (non-hydrogen) atoms. The molecule has 7 nitrogen and oxygen atoms in total. The van der Waals surface area contributed by atoms with Crippen molar-refractivity contribution in [1.29, 1.82) is 0 Å². The molecular formula is C18H15Br2N3O4. The first-order valence-corrected chi connectivity index (χ1v) is 9.97. The van der Waals surface area contributed by atoms with Crippen LogP contribution in [0.5, 0.6) is 11.6 Å². The number of pyridine rings is 1. The molecule has 1 aromatic carbocycles. The summed E-state index contributed by atoms with van der Waals surface area (Å²) in [6, 6.07) is 4.91. The number of aromatic hydroxyl groups is 1. The highest BCUT2D eigenvalue weighted by Crippen LogP contribution is 2.37. The minimum Gasteiger partial charge on any atom is -0.506 e. The van der Waals surface area contributed by atoms with Crippen LogP contribution < -0.4 is 14.5 Å². The topological polar surface area (TPSA) is 83.0 Å². The smallest absolute Gasteiger partial charge is 0.258 e. The number of hydrogen-bond donors (Lipinski definition) is 1. The maximum absolute atomic E-state index is 13.1. The number of ether oxygens (including phenoxy) is 1. The summed E-state index contributed by atoms with van der Waals surface area (Å²) < 4.78 is 6.42. The average molecular weight is 497 g/mol. The van der Waals surface area contributed by atoms with E-state index in [0.717, 1.165) is 6.42 Å². The predicted molar refractivity (Wildman–Crippen MR) is 107 cm³/mol. The summed E-state index contributed by atoms with van der Waals surface area (Å²) in [4.78, 5) is 32.7. The summed E-state index contributed by atoms with van der Waals surface area (Å²) in [5.41, 5.74) is 1.60. The zero-order valence-electron chi connectivity index (χ0n) is 14.1. The Morgan fingerprint density at radius 2 is 1.93 bits per heavy atom. The third kappa shape index (κ3) is 3.29. The molecule has 9 heteroatoms. The lowest BCUT2D eigenvalue weighted by molar-refractivity contribution is -0.117. The van der Waals surface area contributed by atoms with Gasteiger partial charge in [-0.3, -0.25) is 9.59 Å². The number of rotatable bonds is 2. The highest BCUT2D eigenvalue weighted by atomic mass is 79.9. The molecule has 0 unspecified atom stereocenters. The Bertz CT molecular complexity index is 927. The van der Waals surface area contributed by atoms with Crippen LogP contribution in [-0.2, 0) is 4.79 Å². The molecule has 0 atom stereocenters. The summed E-state index contributed by atoms with van der Waals surface area (Å²) in [5, 5.41) is 9.88. The second-order valence-corrected chi connectivity index (χ2v) is 7.97. The van der Waals surface area contributed by atoms with Crippen molar-refractivity contribution in [3.63, 3.8) is 0 Å². The fraction of sp³-hybridized carbons (Fsp3) is 0.278. The van der Waals surface area contributed by atoms with Gasteiger partial charge in [0.25, 0.3) is 5.91 Å². The molecule has 0 radical (unpaired) electrons. The van der Waals surface area contributed by atoms with E-state index >= 15 is 0 Å². The highest BCUT2D eigenvalue weighted by molar-refractivity contribution is 9.11. The lowest BCUT2D eigenvalue weighted by atomic mass is 10.1. The molecular weight excluding hydrogens is 482 g/mol. The molecule has 2 aliphatic rings. The number of fused-ring (bicyclic) bond motifs is 1. The van der Waals surface area contributed by atoms with Crippen LogP contribution in [0.4, 0.5) is 11.4 Å². The van der Waals surface area contributed by atoms with Crippen molar-refractivity contribution in [1.82, 2.24) is 4.98 Å². The number of nitrogens with zero attached hydrogens (tertiary/aromatic N) is 3. The van der Waals surface area contributed by atoms with E-state index in [0.29, 0.717) is 57.9 Å². The molecule has 1 saturated heterocycles. The first kappa shape index (κ1) is 18.2. The Morgan fingerprint density at radius 3 is 2.59 bits per heavy atom. The summed E-state index contributed by atoms with van der Waals surface area (Å²) in [6.07, 6.45) is 2.93. The molecule has 1 fully saturated rings. The lowest BCUT2D eigenvalue weighted by Crippen LogP contribution is -2.38. The Labute approximate surface area is 172 Å². The number of phenolic OH excluding ortho intramolecular Hbond substituents is 1. The summed E-state index contributed by atoms with van der Waals surface area (Å²) >= 11 is 6.50. The number of hydrogen-bond acceptors (Lipinski definition) is 5. The molecule has 1 aromatic heterocycles. The molecule has 1 N–H and O–H groups in total. The van der Waals surface area contributed by atoms with Gasteiger partial charge in [-0.2, -0.15) is 0 Å². The van der Waals surface area contributed by atoms with Gasteiger partial charge in [-0.25, -0.2) is 4.98 Å². The Kier molecular flexibility index (Phi) is 4.81. The van der Waals surface area contributed by atoms with E-state index in [9.17, 15) is 14.7 Å². The van der Waals surface area contributed by atoms with Crippen molar-refractivity contribution in [2.24, 2.45) is 0 Å². The number of aromatic nitrogens is 1. The molecule has 2 amide bonds. The van der Waals surface area contributed by atoms with Crippen molar-refractivity contribution < 1.29 is 19.4 Å². The summed E-state index contributed by atoms with van der Waals surface area (Å²) in [5.74, 6) is 0.206. The fourth-order valence-corrected chi connectivity index (χ4v) is 4.40. The van der Waals surface area contributed by atoms with Gasteiger partial charge in [-0.15, -0.1) is 0 Å². The molecule has 0 bridgehead atoms. The number of carbonyl (C=O) groups is 2. The number of amides is 2. The maximum atomic E-state index is 13.1. The van der Waals surface area contributed by atoms with Crippen LogP contribution >= 0.6 is 31.9 Å². The standard InChI is InChI=1S/C18H15Br2N3O4/c19-12-6-10(7-13(20)16(12)25)18(26)23-4-5-27-17-14(23)8-11(9-21-17)22-3-1-2-15(22)24/h6-9,25H,1-5H2. The van der Waals surface area contributed by atoms with E-state index in [1.807, 2.05) is 0 Å². The van der Waals surface area contributed by atoms with Crippen molar-refractivity contribution in [2.45, 2.75) is 12.8 Å². The van der Waals surface area contributed by atoms with E-state index in [-0.39, 0.29) is 17.6 Å². The van der Waals surface area contributed by atoms with Gasteiger partial charge < -0.3 is 19.6 Å². The number of phenols is 1. The number of benzene rings is 1. The van der Waals surface area contributed by atoms with E-state index in [1.54, 1.807) is 34.2 Å². The minimum atomic E-state index is -0.243. The average Bonchev–Trinajstić information content (AvgIpc) is 3.10. The highest BCUT2D eigenvalue weighted by Gasteiger charge is 2.29. The fourth-order valence-electron chi connectivity index (χ4n) is 3.21. The van der Waals surface area contributed by atoms with Crippen LogP contribution in [0.1, 0.15) is 23.2 Å². The van der Waals surface area contributed by atoms with Gasteiger partial charge in [0.05, 0.1) is 27.4 Å². The largest absolute Gasteiger partial charge is 0.506 e. The zero-order valence-corrected chi connectivity index (χ0v) is 17.3. The quantitative estimate of drug-likeness (QED) is 0.688. The van der Waals surface area contributed by atoms with Crippen LogP contribution in [0, 0.1) is 0 Å². The SMILES string of the molecule is O=C1CCCN1c1cnc2c(c1)N(C(=O)c1cc(Br)c(O)c(Br)c1)CCO2. The maximum Gasteiger partial charge on any atom is 0.258 e. The predicted octanol–water partition coefficient (Wildman–Crippen LogP) is 3.48. The Balaban J connectivity index is 1.72. The molecule has 2 aliphatic heterocycles. The van der Waals surface area contributed by atoms with E-state index in [2.05, 4.69) is 36.8 Å². The summed E-state index contributed by atoms with van der Waals surface area (Å²) in [6.45, 7) is 1.33. The van der Waals surface area contributed by atoms with Crippen LogP contribution in [0.25, 0.3) is 0 Å². The molecule has 3 heterocycles. The van der Waals surface area contributed by atoms with Crippen LogP contribution in [0.15, 0.2) is 33.3 Å². The molecule has 140 valence electrons. The first-order valence-electron chi connectivity index (χ1n) is 8.39. The van der Waals surface area contributed by atoms with Gasteiger partial charge in [-0.1, -0.05) is 0 Å². The molecule has 2 aromatic rings. The second-order valence-electron chi connectivity index (χ2n) is 6.26. The third-order valence-corrected chi connectivity index (χ3v) is 5.77. The molecule has 4 rings (SSSR count). The summed E-state index contributed by atoms with van der Waals surface area (Å²) in [7, 11) is 0. The van der Waals surface area contributed by atoms with Crippen molar-refractivity contribution >= 4 is 55.0 Å². The molecule has 0 saturated carbocycles. The van der Waals surface area contributed by atoms with Crippen LogP contribution in [0.2, 0.25) is 0 Å². The minimum absolute atomic E-state index is 0.0328. The lowest BCUT2D eigenvalue weighted by Gasteiger charge is -2.30. The number of anilines is 2. The number of carbonyl (C=O) groups excluding carboxylic acids is 2. The third-order valence-electron chi connectivity index (χ3n) is 4.56. The molecule has 0 aliphatic carbocycles. The van der Waals surface area contributed by atoms with Crippen molar-refractivity contribution in [3.05, 3.63) is 38.9 Å². The van der Waals surface area contributed by atoms with Crippen LogP contribution in [-0.4, -0.2) is 41.6 Å². The normalized spacial score (nSPS) is 16.3. The van der Waals surface area contributed by atoms with Gasteiger partial charge in [0.1, 0.15) is 18.0 Å². The zero-order chi connectivity index (χ0) is 19.1. The van der Waals surface area contributed by atoms with Gasteiger partial charge in [0.15, 0.2) is 0 Å². The van der Waals surface area contributed by atoms with Gasteiger partial charge in [0.2, 0.25) is 11.8 Å². The molecule has 0 spiro atoms. The second kappa shape index (κ2) is 7.12. The van der Waals surface area contributed by atoms with Crippen LogP contribution in [0.3, 0.4) is 0 Å². The van der Waals surface area contributed by atoms with E-state index in [4.69, 9.17) is 4.74 Å². The number of halogens is 2. The van der Waals surface area contributed by atoms with Gasteiger partial charge in [0, 0.05) is 18.5 Å².